The summed E-state index contributed by atoms with van der Waals surface area (Å²) in [5.41, 5.74) is 1.69. The molecule has 0 radical (unpaired) electrons. The zero-order valence-electron chi connectivity index (χ0n) is 23.0. The van der Waals surface area contributed by atoms with Crippen LogP contribution < -0.4 is 0 Å². The van der Waals surface area contributed by atoms with Crippen molar-refractivity contribution in [2.75, 3.05) is 13.2 Å². The van der Waals surface area contributed by atoms with E-state index in [0.717, 1.165) is 56.9 Å². The fourth-order valence-electron chi connectivity index (χ4n) is 4.38. The minimum atomic E-state index is -0.406. The van der Waals surface area contributed by atoms with Gasteiger partial charge in [-0.1, -0.05) is 123 Å². The van der Waals surface area contributed by atoms with E-state index >= 15 is 0 Å². The molecule has 0 amide bonds. The first-order chi connectivity index (χ1) is 17.2. The van der Waals surface area contributed by atoms with Crippen LogP contribution in [0.1, 0.15) is 156 Å². The summed E-state index contributed by atoms with van der Waals surface area (Å²) in [6.45, 7) is 7.41. The molecule has 0 saturated carbocycles. The maximum absolute atomic E-state index is 13.1. The number of rotatable bonds is 22. The van der Waals surface area contributed by atoms with Gasteiger partial charge in [0.15, 0.2) is 0 Å². The molecule has 1 aromatic rings. The van der Waals surface area contributed by atoms with Crippen LogP contribution in [0.2, 0.25) is 0 Å². The van der Waals surface area contributed by atoms with Gasteiger partial charge in [0.05, 0.1) is 24.3 Å². The highest BCUT2D eigenvalue weighted by molar-refractivity contribution is 6.04. The highest BCUT2D eigenvalue weighted by Crippen LogP contribution is 2.21. The van der Waals surface area contributed by atoms with E-state index in [1.54, 1.807) is 6.07 Å². The van der Waals surface area contributed by atoms with Gasteiger partial charge in [-0.2, -0.15) is 0 Å². The Kier molecular flexibility index (Phi) is 19.1. The molecule has 0 fully saturated rings. The Morgan fingerprint density at radius 2 is 1.03 bits per heavy atom. The van der Waals surface area contributed by atoms with Crippen molar-refractivity contribution in [1.29, 1.82) is 0 Å². The first-order valence-electron chi connectivity index (χ1n) is 14.6. The molecule has 0 saturated heterocycles. The Balaban J connectivity index is 2.75. The highest BCUT2D eigenvalue weighted by atomic mass is 16.5. The maximum atomic E-state index is 13.1. The van der Waals surface area contributed by atoms with Crippen LogP contribution in [0.5, 0.6) is 0 Å². The van der Waals surface area contributed by atoms with Crippen molar-refractivity contribution < 1.29 is 19.1 Å². The zero-order chi connectivity index (χ0) is 25.6. The molecule has 0 aromatic heterocycles. The topological polar surface area (TPSA) is 52.6 Å². The quantitative estimate of drug-likeness (QED) is 0.120. The minimum Gasteiger partial charge on any atom is -0.462 e. The molecule has 1 rings (SSSR count). The molecule has 0 aliphatic carbocycles. The summed E-state index contributed by atoms with van der Waals surface area (Å²) in [6, 6.07) is 5.55. The van der Waals surface area contributed by atoms with E-state index in [1.807, 2.05) is 12.1 Å². The van der Waals surface area contributed by atoms with Crippen molar-refractivity contribution in [2.24, 2.45) is 0 Å². The molecule has 0 atom stereocenters. The van der Waals surface area contributed by atoms with Crippen LogP contribution in [0.4, 0.5) is 0 Å². The summed E-state index contributed by atoms with van der Waals surface area (Å²) in [7, 11) is 0. The Hall–Kier alpha value is -1.84. The van der Waals surface area contributed by atoms with Gasteiger partial charge in [0.25, 0.3) is 0 Å². The number of carbonyl (C=O) groups is 2. The van der Waals surface area contributed by atoms with E-state index < -0.39 is 5.97 Å². The van der Waals surface area contributed by atoms with Crippen LogP contribution in [0, 0.1) is 0 Å². The van der Waals surface area contributed by atoms with Crippen molar-refractivity contribution in [3.05, 3.63) is 34.9 Å². The number of carbonyl (C=O) groups excluding carboxylic acids is 2. The van der Waals surface area contributed by atoms with E-state index in [1.165, 1.54) is 64.2 Å². The molecule has 4 nitrogen and oxygen atoms in total. The van der Waals surface area contributed by atoms with Gasteiger partial charge in [-0.3, -0.25) is 0 Å². The molecule has 1 aromatic carbocycles. The molecular weight excluding hydrogens is 436 g/mol. The van der Waals surface area contributed by atoms with E-state index in [0.29, 0.717) is 24.3 Å². The van der Waals surface area contributed by atoms with Gasteiger partial charge in [-0.15, -0.1) is 0 Å². The lowest BCUT2D eigenvalue weighted by Gasteiger charge is -2.14. The van der Waals surface area contributed by atoms with Crippen LogP contribution >= 0.6 is 0 Å². The van der Waals surface area contributed by atoms with Crippen molar-refractivity contribution in [2.45, 2.75) is 136 Å². The van der Waals surface area contributed by atoms with E-state index in [2.05, 4.69) is 20.8 Å². The molecule has 0 unspecified atom stereocenters. The van der Waals surface area contributed by atoms with E-state index in [-0.39, 0.29) is 5.97 Å². The molecule has 0 aliphatic rings. The maximum Gasteiger partial charge on any atom is 0.339 e. The second-order valence-electron chi connectivity index (χ2n) is 9.81. The minimum absolute atomic E-state index is 0.356. The van der Waals surface area contributed by atoms with Crippen molar-refractivity contribution >= 4 is 11.9 Å². The standard InChI is InChI=1S/C31H52O4/c1-4-7-10-13-14-15-18-22-27-23-21-24-28(30(32)34-25-19-16-11-8-5-2)29(27)31(33)35-26-20-17-12-9-6-3/h21,23-24H,4-20,22,25-26H2,1-3H3. The van der Waals surface area contributed by atoms with Gasteiger partial charge in [-0.25, -0.2) is 9.59 Å². The van der Waals surface area contributed by atoms with Gasteiger partial charge in [-0.05, 0) is 37.3 Å². The Labute approximate surface area is 215 Å². The average Bonchev–Trinajstić information content (AvgIpc) is 2.87. The van der Waals surface area contributed by atoms with Crippen LogP contribution in [0.15, 0.2) is 18.2 Å². The summed E-state index contributed by atoms with van der Waals surface area (Å²) in [5, 5.41) is 0. The Bertz CT molecular complexity index is 683. The summed E-state index contributed by atoms with van der Waals surface area (Å²) in [6.07, 6.45) is 20.3. The first kappa shape index (κ1) is 31.2. The Morgan fingerprint density at radius 3 is 1.57 bits per heavy atom. The van der Waals surface area contributed by atoms with Crippen molar-refractivity contribution in [3.8, 4) is 0 Å². The summed E-state index contributed by atoms with van der Waals surface area (Å²) < 4.78 is 11.2. The van der Waals surface area contributed by atoms with E-state index in [9.17, 15) is 9.59 Å². The predicted octanol–water partition coefficient (Wildman–Crippen LogP) is 9.23. The van der Waals surface area contributed by atoms with Gasteiger partial charge in [0.1, 0.15) is 0 Å². The first-order valence-corrected chi connectivity index (χ1v) is 14.6. The molecule has 0 bridgehead atoms. The number of esters is 2. The fraction of sp³-hybridized carbons (Fsp3) is 0.742. The van der Waals surface area contributed by atoms with Crippen LogP contribution in [-0.2, 0) is 15.9 Å². The monoisotopic (exact) mass is 488 g/mol. The van der Waals surface area contributed by atoms with Gasteiger partial charge in [0.2, 0.25) is 0 Å². The van der Waals surface area contributed by atoms with Crippen molar-refractivity contribution in [3.63, 3.8) is 0 Å². The number of unbranched alkanes of at least 4 members (excludes halogenated alkanes) is 14. The number of benzene rings is 1. The van der Waals surface area contributed by atoms with Crippen molar-refractivity contribution in [1.82, 2.24) is 0 Å². The lowest BCUT2D eigenvalue weighted by atomic mass is 9.96. The molecule has 0 spiro atoms. The third-order valence-electron chi connectivity index (χ3n) is 6.59. The largest absolute Gasteiger partial charge is 0.462 e. The van der Waals surface area contributed by atoms with Gasteiger partial charge < -0.3 is 9.47 Å². The van der Waals surface area contributed by atoms with E-state index in [4.69, 9.17) is 9.47 Å². The molecule has 4 heteroatoms. The summed E-state index contributed by atoms with van der Waals surface area (Å²) >= 11 is 0. The average molecular weight is 489 g/mol. The number of aryl methyl sites for hydroxylation is 1. The molecule has 35 heavy (non-hydrogen) atoms. The van der Waals surface area contributed by atoms with Gasteiger partial charge in [0, 0.05) is 0 Å². The molecular formula is C31H52O4. The predicted molar refractivity (Wildman–Crippen MR) is 146 cm³/mol. The fourth-order valence-corrected chi connectivity index (χ4v) is 4.38. The van der Waals surface area contributed by atoms with Crippen LogP contribution in [0.25, 0.3) is 0 Å². The normalized spacial score (nSPS) is 10.9. The molecule has 200 valence electrons. The van der Waals surface area contributed by atoms with Gasteiger partial charge >= 0.3 is 11.9 Å². The van der Waals surface area contributed by atoms with Crippen LogP contribution in [-0.4, -0.2) is 25.2 Å². The molecule has 0 heterocycles. The summed E-state index contributed by atoms with van der Waals surface area (Å²) in [5.74, 6) is -0.786. The molecule has 0 aliphatic heterocycles. The van der Waals surface area contributed by atoms with Crippen LogP contribution in [0.3, 0.4) is 0 Å². The summed E-state index contributed by atoms with van der Waals surface area (Å²) in [4.78, 5) is 26.0. The third kappa shape index (κ3) is 14.3. The molecule has 0 N–H and O–H groups in total. The smallest absolute Gasteiger partial charge is 0.339 e. The SMILES string of the molecule is CCCCCCCCCc1cccc(C(=O)OCCCCCCC)c1C(=O)OCCCCCCC. The lowest BCUT2D eigenvalue weighted by molar-refractivity contribution is 0.0449. The third-order valence-corrected chi connectivity index (χ3v) is 6.59. The second-order valence-corrected chi connectivity index (χ2v) is 9.81. The Morgan fingerprint density at radius 1 is 0.571 bits per heavy atom. The number of ether oxygens (including phenoxy) is 2. The number of hydrogen-bond acceptors (Lipinski definition) is 4. The second kappa shape index (κ2) is 21.4. The number of hydrogen-bond donors (Lipinski definition) is 0. The zero-order valence-corrected chi connectivity index (χ0v) is 23.0. The lowest BCUT2D eigenvalue weighted by Crippen LogP contribution is -2.17. The highest BCUT2D eigenvalue weighted by Gasteiger charge is 2.23.